The molecular weight excluding hydrogens is 257 g/mol. The van der Waals surface area contributed by atoms with Crippen molar-refractivity contribution in [3.63, 3.8) is 0 Å². The van der Waals surface area contributed by atoms with Crippen molar-refractivity contribution < 1.29 is 23.0 Å². The number of hydrogen-bond acceptors (Lipinski definition) is 2. The molecule has 0 radical (unpaired) electrons. The number of ether oxygens (including phenoxy) is 1. The Kier molecular flexibility index (Phi) is 4.06. The van der Waals surface area contributed by atoms with Gasteiger partial charge in [0, 0.05) is 5.56 Å². The topological polar surface area (TPSA) is 29.5 Å². The fourth-order valence-corrected chi connectivity index (χ4v) is 1.62. The molecule has 0 unspecified atom stereocenters. The van der Waals surface area contributed by atoms with Crippen LogP contribution in [0.3, 0.4) is 0 Å². The molecule has 0 heterocycles. The summed E-state index contributed by atoms with van der Waals surface area (Å²) in [4.78, 5) is 0. The third kappa shape index (κ3) is 3.06. The molecule has 0 atom stereocenters. The van der Waals surface area contributed by atoms with Crippen molar-refractivity contribution in [2.24, 2.45) is 0 Å². The normalized spacial score (nSPS) is 10.5. The van der Waals surface area contributed by atoms with Crippen LogP contribution in [0.1, 0.15) is 11.1 Å². The Morgan fingerprint density at radius 1 is 0.947 bits per heavy atom. The third-order valence-corrected chi connectivity index (χ3v) is 2.59. The first-order chi connectivity index (χ1) is 9.11. The Bertz CT molecular complexity index is 585. The van der Waals surface area contributed by atoms with E-state index in [4.69, 9.17) is 9.84 Å². The molecule has 0 aliphatic rings. The molecule has 0 saturated carbocycles. The van der Waals surface area contributed by atoms with Gasteiger partial charge in [0.2, 0.25) is 0 Å². The highest BCUT2D eigenvalue weighted by molar-refractivity contribution is 5.34. The number of benzene rings is 2. The maximum atomic E-state index is 13.5. The molecule has 2 nitrogen and oxygen atoms in total. The minimum absolute atomic E-state index is 0.0882. The van der Waals surface area contributed by atoms with Crippen LogP contribution in [0.2, 0.25) is 0 Å². The van der Waals surface area contributed by atoms with Gasteiger partial charge in [-0.3, -0.25) is 0 Å². The Labute approximate surface area is 108 Å². The maximum Gasteiger partial charge on any atom is 0.165 e. The van der Waals surface area contributed by atoms with Gasteiger partial charge in [-0.2, -0.15) is 0 Å². The summed E-state index contributed by atoms with van der Waals surface area (Å²) >= 11 is 0. The van der Waals surface area contributed by atoms with Gasteiger partial charge in [0.15, 0.2) is 23.2 Å². The van der Waals surface area contributed by atoms with E-state index >= 15 is 0 Å². The highest BCUT2D eigenvalue weighted by Crippen LogP contribution is 2.24. The second-order valence-corrected chi connectivity index (χ2v) is 3.92. The van der Waals surface area contributed by atoms with E-state index in [1.807, 2.05) is 0 Å². The molecule has 0 fully saturated rings. The molecule has 0 saturated heterocycles. The van der Waals surface area contributed by atoms with E-state index < -0.39 is 17.5 Å². The molecule has 0 aliphatic carbocycles. The molecule has 0 spiro atoms. The highest BCUT2D eigenvalue weighted by atomic mass is 19.2. The second kappa shape index (κ2) is 5.75. The van der Waals surface area contributed by atoms with Gasteiger partial charge in [-0.1, -0.05) is 18.2 Å². The number of halogens is 3. The minimum atomic E-state index is -0.989. The van der Waals surface area contributed by atoms with Crippen molar-refractivity contribution in [3.8, 4) is 5.75 Å². The van der Waals surface area contributed by atoms with E-state index in [0.717, 1.165) is 12.1 Å². The molecule has 2 rings (SSSR count). The molecule has 1 N–H and O–H groups in total. The molecule has 0 aromatic heterocycles. The first-order valence-electron chi connectivity index (χ1n) is 5.57. The summed E-state index contributed by atoms with van der Waals surface area (Å²) < 4.78 is 44.4. The van der Waals surface area contributed by atoms with Crippen LogP contribution in [0.15, 0.2) is 36.4 Å². The van der Waals surface area contributed by atoms with Crippen LogP contribution in [-0.2, 0) is 13.2 Å². The smallest absolute Gasteiger partial charge is 0.165 e. The summed E-state index contributed by atoms with van der Waals surface area (Å²) in [5.74, 6) is -2.65. The molecule has 19 heavy (non-hydrogen) atoms. The lowest BCUT2D eigenvalue weighted by atomic mass is 10.2. The summed E-state index contributed by atoms with van der Waals surface area (Å²) in [6, 6.07) is 7.46. The fraction of sp³-hybridized carbons (Fsp3) is 0.143. The zero-order chi connectivity index (χ0) is 13.8. The van der Waals surface area contributed by atoms with Crippen LogP contribution >= 0.6 is 0 Å². The number of hydrogen-bond donors (Lipinski definition) is 1. The van der Waals surface area contributed by atoms with Crippen LogP contribution < -0.4 is 4.74 Å². The largest absolute Gasteiger partial charge is 0.485 e. The van der Waals surface area contributed by atoms with E-state index in [2.05, 4.69) is 0 Å². The minimum Gasteiger partial charge on any atom is -0.485 e. The SMILES string of the molecule is OCc1cccc(F)c1OCc1ccc(F)c(F)c1. The average molecular weight is 268 g/mol. The predicted octanol–water partition coefficient (Wildman–Crippen LogP) is 3.18. The van der Waals surface area contributed by atoms with Gasteiger partial charge in [-0.05, 0) is 23.8 Å². The van der Waals surface area contributed by atoms with E-state index in [9.17, 15) is 13.2 Å². The Morgan fingerprint density at radius 3 is 2.42 bits per heavy atom. The summed E-state index contributed by atoms with van der Waals surface area (Å²) in [5, 5.41) is 9.06. The molecular formula is C14H11F3O2. The molecule has 0 bridgehead atoms. The molecule has 5 heteroatoms. The Balaban J connectivity index is 2.16. The second-order valence-electron chi connectivity index (χ2n) is 3.92. The van der Waals surface area contributed by atoms with Crippen LogP contribution in [0.5, 0.6) is 5.75 Å². The van der Waals surface area contributed by atoms with Crippen LogP contribution in [0.4, 0.5) is 13.2 Å². The first-order valence-corrected chi connectivity index (χ1v) is 5.57. The van der Waals surface area contributed by atoms with Gasteiger partial charge in [0.05, 0.1) is 6.61 Å². The van der Waals surface area contributed by atoms with Crippen molar-refractivity contribution in [2.75, 3.05) is 0 Å². The number of para-hydroxylation sites is 1. The maximum absolute atomic E-state index is 13.5. The Morgan fingerprint density at radius 2 is 1.74 bits per heavy atom. The van der Waals surface area contributed by atoms with E-state index in [1.54, 1.807) is 0 Å². The first kappa shape index (κ1) is 13.4. The van der Waals surface area contributed by atoms with E-state index in [0.29, 0.717) is 11.1 Å². The lowest BCUT2D eigenvalue weighted by Gasteiger charge is -2.11. The molecule has 0 amide bonds. The molecule has 0 aliphatic heterocycles. The van der Waals surface area contributed by atoms with Crippen molar-refractivity contribution in [2.45, 2.75) is 13.2 Å². The molecule has 2 aromatic rings. The van der Waals surface area contributed by atoms with Crippen LogP contribution in [0, 0.1) is 17.5 Å². The summed E-state index contributed by atoms with van der Waals surface area (Å²) in [6.07, 6.45) is 0. The van der Waals surface area contributed by atoms with Gasteiger partial charge >= 0.3 is 0 Å². The number of rotatable bonds is 4. The predicted molar refractivity (Wildman–Crippen MR) is 63.0 cm³/mol. The van der Waals surface area contributed by atoms with Crippen LogP contribution in [-0.4, -0.2) is 5.11 Å². The van der Waals surface area contributed by atoms with Crippen molar-refractivity contribution >= 4 is 0 Å². The van der Waals surface area contributed by atoms with Gasteiger partial charge in [0.1, 0.15) is 6.61 Å². The van der Waals surface area contributed by atoms with Crippen molar-refractivity contribution in [3.05, 3.63) is 65.0 Å². The molecule has 2 aromatic carbocycles. The van der Waals surface area contributed by atoms with Gasteiger partial charge in [-0.25, -0.2) is 13.2 Å². The third-order valence-electron chi connectivity index (χ3n) is 2.59. The van der Waals surface area contributed by atoms with Gasteiger partial charge < -0.3 is 9.84 Å². The Hall–Kier alpha value is -2.01. The van der Waals surface area contributed by atoms with Gasteiger partial charge in [0.25, 0.3) is 0 Å². The lowest BCUT2D eigenvalue weighted by Crippen LogP contribution is -2.02. The van der Waals surface area contributed by atoms with E-state index in [-0.39, 0.29) is 19.0 Å². The average Bonchev–Trinajstić information content (AvgIpc) is 2.41. The summed E-state index contributed by atoms with van der Waals surface area (Å²) in [5.41, 5.74) is 0.661. The zero-order valence-corrected chi connectivity index (χ0v) is 9.87. The van der Waals surface area contributed by atoms with E-state index in [1.165, 1.54) is 24.3 Å². The quantitative estimate of drug-likeness (QED) is 0.922. The zero-order valence-electron chi connectivity index (χ0n) is 9.87. The molecule has 100 valence electrons. The van der Waals surface area contributed by atoms with Gasteiger partial charge in [-0.15, -0.1) is 0 Å². The lowest BCUT2D eigenvalue weighted by molar-refractivity contribution is 0.251. The summed E-state index contributed by atoms with van der Waals surface area (Å²) in [6.45, 7) is -0.490. The fourth-order valence-electron chi connectivity index (χ4n) is 1.62. The number of aliphatic hydroxyl groups is 1. The highest BCUT2D eigenvalue weighted by Gasteiger charge is 2.10. The van der Waals surface area contributed by atoms with Crippen molar-refractivity contribution in [1.82, 2.24) is 0 Å². The van der Waals surface area contributed by atoms with Crippen molar-refractivity contribution in [1.29, 1.82) is 0 Å². The standard InChI is InChI=1S/C14H11F3O2/c15-11-5-4-9(6-13(11)17)8-19-14-10(7-18)2-1-3-12(14)16/h1-6,18H,7-8H2. The van der Waals surface area contributed by atoms with Crippen LogP contribution in [0.25, 0.3) is 0 Å². The monoisotopic (exact) mass is 268 g/mol. The number of aliphatic hydroxyl groups excluding tert-OH is 1. The summed E-state index contributed by atoms with van der Waals surface area (Å²) in [7, 11) is 0.